The van der Waals surface area contributed by atoms with E-state index in [0.29, 0.717) is 18.5 Å². The van der Waals surface area contributed by atoms with Crippen LogP contribution in [0, 0.1) is 5.92 Å². The lowest BCUT2D eigenvalue weighted by Crippen LogP contribution is -2.24. The van der Waals surface area contributed by atoms with Crippen LogP contribution >= 0.6 is 0 Å². The van der Waals surface area contributed by atoms with Crippen molar-refractivity contribution in [2.75, 3.05) is 6.54 Å². The van der Waals surface area contributed by atoms with Gasteiger partial charge in [-0.05, 0) is 48.1 Å². The molecule has 1 fully saturated rings. The second-order valence-corrected chi connectivity index (χ2v) is 8.62. The van der Waals surface area contributed by atoms with Gasteiger partial charge in [0, 0.05) is 36.5 Å². The van der Waals surface area contributed by atoms with Gasteiger partial charge in [0.2, 0.25) is 0 Å². The Balaban J connectivity index is 1.53. The highest BCUT2D eigenvalue weighted by Gasteiger charge is 2.13. The molecule has 2 N–H and O–H groups in total. The van der Waals surface area contributed by atoms with E-state index >= 15 is 0 Å². The maximum atomic E-state index is 12.5. The standard InChI is InChI=1S/C27H34N2O3/c30-26(31)13-6-12-25(24-11-7-18-28-20-24)22-14-16-23(17-15-22)27(32)29-19-5-4-10-21-8-2-1-3-9-21/h7,11-12,14-18,20-21H,1-6,8-10,13,19H2,(H,29,32)(H,30,31)/b25-12+. The van der Waals surface area contributed by atoms with Gasteiger partial charge in [-0.3, -0.25) is 14.6 Å². The Morgan fingerprint density at radius 1 is 1.00 bits per heavy atom. The van der Waals surface area contributed by atoms with E-state index in [9.17, 15) is 9.59 Å². The third-order valence-electron chi connectivity index (χ3n) is 6.19. The van der Waals surface area contributed by atoms with Crippen molar-refractivity contribution in [3.8, 4) is 0 Å². The topological polar surface area (TPSA) is 79.3 Å². The van der Waals surface area contributed by atoms with Crippen LogP contribution in [0.5, 0.6) is 0 Å². The highest BCUT2D eigenvalue weighted by molar-refractivity contribution is 5.94. The smallest absolute Gasteiger partial charge is 0.303 e. The molecule has 5 heteroatoms. The fourth-order valence-corrected chi connectivity index (χ4v) is 4.40. The number of hydrogen-bond donors (Lipinski definition) is 2. The second-order valence-electron chi connectivity index (χ2n) is 8.62. The van der Waals surface area contributed by atoms with Crippen LogP contribution < -0.4 is 5.32 Å². The molecule has 0 unspecified atom stereocenters. The highest BCUT2D eigenvalue weighted by atomic mass is 16.4. The molecule has 0 spiro atoms. The summed E-state index contributed by atoms with van der Waals surface area (Å²) >= 11 is 0. The molecule has 1 amide bonds. The van der Waals surface area contributed by atoms with Gasteiger partial charge in [0.1, 0.15) is 0 Å². The normalized spacial score (nSPS) is 14.8. The average molecular weight is 435 g/mol. The van der Waals surface area contributed by atoms with Gasteiger partial charge in [-0.2, -0.15) is 0 Å². The van der Waals surface area contributed by atoms with Crippen molar-refractivity contribution in [1.29, 1.82) is 0 Å². The fourth-order valence-electron chi connectivity index (χ4n) is 4.40. The number of hydrogen-bond acceptors (Lipinski definition) is 3. The SMILES string of the molecule is O=C(O)CC/C=C(\c1ccc(C(=O)NCCCCC2CCCCC2)cc1)c1cccnc1. The quantitative estimate of drug-likeness (QED) is 0.434. The number of carboxylic acid groups (broad SMARTS) is 1. The molecule has 0 saturated heterocycles. The van der Waals surface area contributed by atoms with Crippen LogP contribution in [0.15, 0.2) is 54.9 Å². The molecule has 1 aromatic heterocycles. The van der Waals surface area contributed by atoms with Crippen molar-refractivity contribution in [1.82, 2.24) is 10.3 Å². The van der Waals surface area contributed by atoms with E-state index in [1.54, 1.807) is 12.4 Å². The first kappa shape index (κ1) is 23.7. The Morgan fingerprint density at radius 2 is 1.75 bits per heavy atom. The molecule has 1 saturated carbocycles. The lowest BCUT2D eigenvalue weighted by molar-refractivity contribution is -0.136. The number of aromatic nitrogens is 1. The van der Waals surface area contributed by atoms with Gasteiger partial charge in [-0.25, -0.2) is 0 Å². The molecule has 2 aromatic rings. The van der Waals surface area contributed by atoms with E-state index in [4.69, 9.17) is 5.11 Å². The third-order valence-corrected chi connectivity index (χ3v) is 6.19. The highest BCUT2D eigenvalue weighted by Crippen LogP contribution is 2.27. The zero-order chi connectivity index (χ0) is 22.6. The van der Waals surface area contributed by atoms with Crippen molar-refractivity contribution < 1.29 is 14.7 Å². The number of unbranched alkanes of at least 4 members (excludes halogenated alkanes) is 1. The molecule has 32 heavy (non-hydrogen) atoms. The molecule has 1 aliphatic carbocycles. The van der Waals surface area contributed by atoms with Crippen LogP contribution in [0.25, 0.3) is 5.57 Å². The summed E-state index contributed by atoms with van der Waals surface area (Å²) in [6, 6.07) is 11.3. The van der Waals surface area contributed by atoms with Crippen LogP contribution in [0.1, 0.15) is 85.7 Å². The van der Waals surface area contributed by atoms with Crippen LogP contribution in [0.2, 0.25) is 0 Å². The minimum absolute atomic E-state index is 0.0491. The van der Waals surface area contributed by atoms with E-state index in [0.717, 1.165) is 29.0 Å². The number of allylic oxidation sites excluding steroid dienone is 1. The number of pyridine rings is 1. The summed E-state index contributed by atoms with van der Waals surface area (Å²) < 4.78 is 0. The third kappa shape index (κ3) is 7.63. The number of carbonyl (C=O) groups excluding carboxylic acids is 1. The van der Waals surface area contributed by atoms with Gasteiger partial charge in [0.25, 0.3) is 5.91 Å². The number of carboxylic acids is 1. The van der Waals surface area contributed by atoms with Crippen molar-refractivity contribution >= 4 is 17.4 Å². The summed E-state index contributed by atoms with van der Waals surface area (Å²) in [6.07, 6.45) is 16.3. The average Bonchev–Trinajstić information content (AvgIpc) is 2.83. The molecule has 0 atom stereocenters. The van der Waals surface area contributed by atoms with E-state index in [1.807, 2.05) is 42.5 Å². The molecule has 1 aliphatic rings. The zero-order valence-corrected chi connectivity index (χ0v) is 18.8. The number of benzene rings is 1. The molecule has 5 nitrogen and oxygen atoms in total. The molecule has 0 aliphatic heterocycles. The first-order valence-corrected chi connectivity index (χ1v) is 11.8. The molecule has 0 bridgehead atoms. The van der Waals surface area contributed by atoms with Crippen molar-refractivity contribution in [2.45, 2.75) is 64.2 Å². The Kier molecular flexibility index (Phi) is 9.48. The van der Waals surface area contributed by atoms with Crippen molar-refractivity contribution in [3.63, 3.8) is 0 Å². The summed E-state index contributed by atoms with van der Waals surface area (Å²) in [6.45, 7) is 0.712. The number of carbonyl (C=O) groups is 2. The number of nitrogens with one attached hydrogen (secondary N) is 1. The lowest BCUT2D eigenvalue weighted by Gasteiger charge is -2.21. The maximum Gasteiger partial charge on any atom is 0.303 e. The number of nitrogens with zero attached hydrogens (tertiary/aromatic N) is 1. The molecule has 170 valence electrons. The van der Waals surface area contributed by atoms with Crippen LogP contribution in [0.3, 0.4) is 0 Å². The maximum absolute atomic E-state index is 12.5. The summed E-state index contributed by atoms with van der Waals surface area (Å²) in [5.74, 6) is 0.0223. The summed E-state index contributed by atoms with van der Waals surface area (Å²) in [5.41, 5.74) is 3.42. The summed E-state index contributed by atoms with van der Waals surface area (Å²) in [7, 11) is 0. The first-order valence-electron chi connectivity index (χ1n) is 11.8. The monoisotopic (exact) mass is 434 g/mol. The largest absolute Gasteiger partial charge is 0.481 e. The van der Waals surface area contributed by atoms with Crippen LogP contribution in [-0.4, -0.2) is 28.5 Å². The van der Waals surface area contributed by atoms with E-state index in [1.165, 1.54) is 44.9 Å². The molecule has 0 radical (unpaired) electrons. The minimum atomic E-state index is -0.822. The van der Waals surface area contributed by atoms with Gasteiger partial charge < -0.3 is 10.4 Å². The minimum Gasteiger partial charge on any atom is -0.481 e. The summed E-state index contributed by atoms with van der Waals surface area (Å²) in [5, 5.41) is 12.0. The van der Waals surface area contributed by atoms with Gasteiger partial charge in [-0.1, -0.05) is 69.2 Å². The van der Waals surface area contributed by atoms with Gasteiger partial charge in [0.15, 0.2) is 0 Å². The molecular formula is C27H34N2O3. The summed E-state index contributed by atoms with van der Waals surface area (Å²) in [4.78, 5) is 27.6. The van der Waals surface area contributed by atoms with Crippen LogP contribution in [0.4, 0.5) is 0 Å². The van der Waals surface area contributed by atoms with E-state index < -0.39 is 5.97 Å². The Labute approximate surface area is 191 Å². The predicted octanol–water partition coefficient (Wildman–Crippen LogP) is 5.86. The number of rotatable bonds is 11. The fraction of sp³-hybridized carbons (Fsp3) is 0.444. The van der Waals surface area contributed by atoms with Gasteiger partial charge >= 0.3 is 5.97 Å². The van der Waals surface area contributed by atoms with E-state index in [2.05, 4.69) is 10.3 Å². The van der Waals surface area contributed by atoms with Crippen molar-refractivity contribution in [2.24, 2.45) is 5.92 Å². The zero-order valence-electron chi connectivity index (χ0n) is 18.8. The molecule has 3 rings (SSSR count). The van der Waals surface area contributed by atoms with Gasteiger partial charge in [-0.15, -0.1) is 0 Å². The van der Waals surface area contributed by atoms with Gasteiger partial charge in [0.05, 0.1) is 0 Å². The van der Waals surface area contributed by atoms with E-state index in [-0.39, 0.29) is 12.3 Å². The Morgan fingerprint density at radius 3 is 2.44 bits per heavy atom. The van der Waals surface area contributed by atoms with Crippen LogP contribution in [-0.2, 0) is 4.79 Å². The Bertz CT molecular complexity index is 885. The predicted molar refractivity (Wildman–Crippen MR) is 127 cm³/mol. The molecule has 1 heterocycles. The molecule has 1 aromatic carbocycles. The Hall–Kier alpha value is -2.95. The lowest BCUT2D eigenvalue weighted by atomic mass is 9.86. The van der Waals surface area contributed by atoms with Crippen molar-refractivity contribution in [3.05, 3.63) is 71.6 Å². The second kappa shape index (κ2) is 12.8. The molecular weight excluding hydrogens is 400 g/mol. The number of amides is 1. The number of aliphatic carboxylic acids is 1. The first-order chi connectivity index (χ1) is 15.6.